The number of fused-ring (bicyclic) bond motifs is 3. The molecule has 5 aromatic rings. The summed E-state index contributed by atoms with van der Waals surface area (Å²) in [7, 11) is 1.54. The molecular formula is C33H24ClN3O5S2. The van der Waals surface area contributed by atoms with Crippen molar-refractivity contribution in [1.82, 2.24) is 4.57 Å². The fraction of sp³-hybridized carbons (Fsp3) is 0.152. The molecule has 0 radical (unpaired) electrons. The largest absolute Gasteiger partial charge is 0.497 e. The summed E-state index contributed by atoms with van der Waals surface area (Å²) in [4.78, 5) is 56.1. The number of halogens is 1. The maximum atomic E-state index is 14.0. The lowest BCUT2D eigenvalue weighted by molar-refractivity contribution is -0.122. The smallest absolute Gasteiger partial charge is 0.308 e. The van der Waals surface area contributed by atoms with Gasteiger partial charge in [-0.05, 0) is 64.9 Å². The van der Waals surface area contributed by atoms with Crippen LogP contribution in [0.2, 0.25) is 5.02 Å². The molecule has 1 aromatic heterocycles. The number of ether oxygens (including phenoxy) is 1. The molecular weight excluding hydrogens is 618 g/mol. The van der Waals surface area contributed by atoms with E-state index in [0.717, 1.165) is 27.7 Å². The highest BCUT2D eigenvalue weighted by Crippen LogP contribution is 2.54. The first-order chi connectivity index (χ1) is 21.3. The number of nitrogens with one attached hydrogen (secondary N) is 1. The average molecular weight is 642 g/mol. The van der Waals surface area contributed by atoms with Crippen molar-refractivity contribution in [3.8, 4) is 5.75 Å². The van der Waals surface area contributed by atoms with Gasteiger partial charge in [0.1, 0.15) is 17.5 Å². The average Bonchev–Trinajstić information content (AvgIpc) is 3.47. The quantitative estimate of drug-likeness (QED) is 0.223. The molecule has 3 atom stereocenters. The van der Waals surface area contributed by atoms with Gasteiger partial charge in [-0.25, -0.2) is 4.90 Å². The summed E-state index contributed by atoms with van der Waals surface area (Å²) >= 11 is 8.37. The van der Waals surface area contributed by atoms with E-state index < -0.39 is 17.1 Å². The number of anilines is 2. The summed E-state index contributed by atoms with van der Waals surface area (Å²) < 4.78 is 6.65. The highest BCUT2D eigenvalue weighted by Gasteiger charge is 2.56. The van der Waals surface area contributed by atoms with Gasteiger partial charge in [0.2, 0.25) is 17.7 Å². The minimum Gasteiger partial charge on any atom is -0.497 e. The number of aromatic nitrogens is 1. The molecule has 2 aliphatic rings. The second kappa shape index (κ2) is 11.3. The lowest BCUT2D eigenvalue weighted by Crippen LogP contribution is -2.33. The van der Waals surface area contributed by atoms with E-state index in [1.807, 2.05) is 54.6 Å². The summed E-state index contributed by atoms with van der Waals surface area (Å²) in [6, 6.07) is 27.3. The van der Waals surface area contributed by atoms with Gasteiger partial charge in [-0.15, -0.1) is 0 Å². The molecule has 0 saturated carbocycles. The topological polar surface area (TPSA) is 97.7 Å². The van der Waals surface area contributed by atoms with Crippen molar-refractivity contribution in [2.24, 2.45) is 5.92 Å². The standard InChI is InChI=1S/C33H24ClN3O5S2/c1-42-24-14-12-23(13-15-24)37-30(39)27-26(19-6-9-21(34)10-7-19)29-32(43-28(27)31(37)40)36(33(41)44-29)17-25(38)35-22-11-8-18-4-2-3-5-20(18)16-22/h2-16,26-28H,17H2,1H3,(H,35,38)/t26-,27?,28?/m1/s1. The molecule has 3 amide bonds. The Bertz CT molecular complexity index is 2010. The first-order valence-corrected chi connectivity index (χ1v) is 15.9. The van der Waals surface area contributed by atoms with E-state index in [9.17, 15) is 19.2 Å². The minimum absolute atomic E-state index is 0.237. The second-order valence-electron chi connectivity index (χ2n) is 10.5. The Hall–Kier alpha value is -4.38. The van der Waals surface area contributed by atoms with Crippen molar-refractivity contribution in [2.75, 3.05) is 17.3 Å². The molecule has 0 aliphatic carbocycles. The van der Waals surface area contributed by atoms with E-state index in [2.05, 4.69) is 5.32 Å². The summed E-state index contributed by atoms with van der Waals surface area (Å²) in [6.45, 7) is -0.237. The van der Waals surface area contributed by atoms with Gasteiger partial charge < -0.3 is 10.1 Å². The number of hydrogen-bond acceptors (Lipinski definition) is 7. The van der Waals surface area contributed by atoms with Gasteiger partial charge in [-0.2, -0.15) is 0 Å². The highest BCUT2D eigenvalue weighted by molar-refractivity contribution is 8.00. The van der Waals surface area contributed by atoms with Gasteiger partial charge >= 0.3 is 4.87 Å². The molecule has 11 heteroatoms. The van der Waals surface area contributed by atoms with E-state index in [1.54, 1.807) is 43.5 Å². The van der Waals surface area contributed by atoms with Crippen molar-refractivity contribution >= 4 is 74.6 Å². The van der Waals surface area contributed by atoms with Crippen molar-refractivity contribution < 1.29 is 19.1 Å². The Morgan fingerprint density at radius 1 is 0.909 bits per heavy atom. The number of imide groups is 1. The first kappa shape index (κ1) is 28.4. The molecule has 2 aliphatic heterocycles. The molecule has 1 fully saturated rings. The van der Waals surface area contributed by atoms with Crippen LogP contribution in [0.3, 0.4) is 0 Å². The van der Waals surface area contributed by atoms with Crippen LogP contribution in [0, 0.1) is 5.92 Å². The normalized spacial score (nSPS) is 19.1. The molecule has 1 N–H and O–H groups in total. The van der Waals surface area contributed by atoms with Crippen LogP contribution >= 0.6 is 34.7 Å². The monoisotopic (exact) mass is 641 g/mol. The Morgan fingerprint density at radius 3 is 2.36 bits per heavy atom. The number of rotatable bonds is 6. The number of benzene rings is 4. The molecule has 44 heavy (non-hydrogen) atoms. The zero-order valence-corrected chi connectivity index (χ0v) is 25.6. The van der Waals surface area contributed by atoms with Crippen LogP contribution in [-0.2, 0) is 20.9 Å². The maximum absolute atomic E-state index is 14.0. The molecule has 0 bridgehead atoms. The van der Waals surface area contributed by atoms with E-state index in [0.29, 0.717) is 32.1 Å². The SMILES string of the molecule is COc1ccc(N2C(=O)C3Sc4c(sc(=O)n4CC(=O)Nc4ccc5ccccc5c4)[C@H](c4ccc(Cl)cc4)C3C2=O)cc1. The lowest BCUT2D eigenvalue weighted by atomic mass is 9.83. The Labute approximate surface area is 265 Å². The zero-order valence-electron chi connectivity index (χ0n) is 23.2. The molecule has 8 nitrogen and oxygen atoms in total. The van der Waals surface area contributed by atoms with E-state index in [4.69, 9.17) is 16.3 Å². The van der Waals surface area contributed by atoms with E-state index in [-0.39, 0.29) is 29.1 Å². The molecule has 0 spiro atoms. The Morgan fingerprint density at radius 2 is 1.64 bits per heavy atom. The molecule has 1 saturated heterocycles. The van der Waals surface area contributed by atoms with Crippen molar-refractivity contribution in [3.63, 3.8) is 0 Å². The number of thiazole rings is 1. The summed E-state index contributed by atoms with van der Waals surface area (Å²) in [5, 5.41) is 5.19. The van der Waals surface area contributed by atoms with Crippen LogP contribution < -0.4 is 19.8 Å². The molecule has 2 unspecified atom stereocenters. The molecule has 7 rings (SSSR count). The molecule has 220 valence electrons. The van der Waals surface area contributed by atoms with Crippen LogP contribution in [0.1, 0.15) is 16.4 Å². The van der Waals surface area contributed by atoms with Crippen LogP contribution in [0.25, 0.3) is 10.8 Å². The Balaban J connectivity index is 1.25. The third-order valence-electron chi connectivity index (χ3n) is 7.94. The predicted molar refractivity (Wildman–Crippen MR) is 173 cm³/mol. The van der Waals surface area contributed by atoms with Crippen LogP contribution in [-0.4, -0.2) is 34.6 Å². The number of hydrogen-bond donors (Lipinski definition) is 1. The number of nitrogens with zero attached hydrogens (tertiary/aromatic N) is 2. The number of amides is 3. The predicted octanol–water partition coefficient (Wildman–Crippen LogP) is 6.16. The lowest BCUT2D eigenvalue weighted by Gasteiger charge is -2.30. The fourth-order valence-corrected chi connectivity index (χ4v) is 8.78. The first-order valence-electron chi connectivity index (χ1n) is 13.8. The van der Waals surface area contributed by atoms with Gasteiger partial charge in [0.05, 0.1) is 23.7 Å². The van der Waals surface area contributed by atoms with Gasteiger partial charge in [0, 0.05) is 21.5 Å². The summed E-state index contributed by atoms with van der Waals surface area (Å²) in [5.41, 5.74) is 1.82. The number of carbonyl (C=O) groups excluding carboxylic acids is 3. The van der Waals surface area contributed by atoms with Crippen LogP contribution in [0.4, 0.5) is 11.4 Å². The van der Waals surface area contributed by atoms with E-state index in [1.165, 1.54) is 21.2 Å². The van der Waals surface area contributed by atoms with E-state index >= 15 is 0 Å². The molecule has 4 aromatic carbocycles. The molecule has 3 heterocycles. The van der Waals surface area contributed by atoms with Crippen LogP contribution in [0.5, 0.6) is 5.75 Å². The maximum Gasteiger partial charge on any atom is 0.308 e. The number of methoxy groups -OCH3 is 1. The number of thioether (sulfide) groups is 1. The third-order valence-corrected chi connectivity index (χ3v) is 10.8. The summed E-state index contributed by atoms with van der Waals surface area (Å²) in [6.07, 6.45) is 0. The zero-order chi connectivity index (χ0) is 30.5. The Kier molecular flexibility index (Phi) is 7.28. The van der Waals surface area contributed by atoms with Gasteiger partial charge in [-0.1, -0.05) is 77.2 Å². The van der Waals surface area contributed by atoms with Gasteiger partial charge in [0.15, 0.2) is 0 Å². The number of carbonyl (C=O) groups is 3. The van der Waals surface area contributed by atoms with Crippen molar-refractivity contribution in [3.05, 3.63) is 116 Å². The second-order valence-corrected chi connectivity index (χ2v) is 13.1. The van der Waals surface area contributed by atoms with Gasteiger partial charge in [-0.3, -0.25) is 23.7 Å². The van der Waals surface area contributed by atoms with Crippen molar-refractivity contribution in [1.29, 1.82) is 0 Å². The fourth-order valence-electron chi connectivity index (χ4n) is 5.88. The third kappa shape index (κ3) is 4.89. The van der Waals surface area contributed by atoms with Gasteiger partial charge in [0.25, 0.3) is 0 Å². The highest BCUT2D eigenvalue weighted by atomic mass is 35.5. The minimum atomic E-state index is -0.790. The van der Waals surface area contributed by atoms with Crippen LogP contribution in [0.15, 0.2) is 101 Å². The van der Waals surface area contributed by atoms with Crippen molar-refractivity contribution in [2.45, 2.75) is 22.7 Å². The summed E-state index contributed by atoms with van der Waals surface area (Å²) in [5.74, 6) is -1.80.